The molecule has 1 aliphatic rings. The summed E-state index contributed by atoms with van der Waals surface area (Å²) in [4.78, 5) is 7.11. The van der Waals surface area contributed by atoms with Crippen LogP contribution in [0.3, 0.4) is 0 Å². The van der Waals surface area contributed by atoms with Gasteiger partial charge in [-0.05, 0) is 31.5 Å². The van der Waals surface area contributed by atoms with Crippen LogP contribution in [0.25, 0.3) is 5.65 Å². The fourth-order valence-corrected chi connectivity index (χ4v) is 2.98. The van der Waals surface area contributed by atoms with E-state index in [1.54, 1.807) is 0 Å². The predicted molar refractivity (Wildman–Crippen MR) is 81.2 cm³/mol. The first-order valence-corrected chi connectivity index (χ1v) is 7.36. The molecule has 5 nitrogen and oxygen atoms in total. The van der Waals surface area contributed by atoms with Crippen LogP contribution in [0.1, 0.15) is 23.0 Å². The van der Waals surface area contributed by atoms with Crippen molar-refractivity contribution in [2.24, 2.45) is 0 Å². The molecule has 4 heterocycles. The van der Waals surface area contributed by atoms with Gasteiger partial charge >= 0.3 is 0 Å². The van der Waals surface area contributed by atoms with Crippen LogP contribution in [0.4, 0.5) is 0 Å². The van der Waals surface area contributed by atoms with Crippen molar-refractivity contribution in [2.45, 2.75) is 26.4 Å². The summed E-state index contributed by atoms with van der Waals surface area (Å²) in [6.45, 7) is 7.21. The Balaban J connectivity index is 1.44. The van der Waals surface area contributed by atoms with Crippen LogP contribution in [0.15, 0.2) is 36.8 Å². The molecule has 21 heavy (non-hydrogen) atoms. The minimum Gasteiger partial charge on any atom is -0.304 e. The lowest BCUT2D eigenvalue weighted by Gasteiger charge is -2.38. The van der Waals surface area contributed by atoms with E-state index in [9.17, 15) is 0 Å². The molecule has 0 bridgehead atoms. The van der Waals surface area contributed by atoms with E-state index < -0.39 is 0 Å². The molecule has 0 amide bonds. The summed E-state index contributed by atoms with van der Waals surface area (Å²) in [7, 11) is 0. The van der Waals surface area contributed by atoms with Gasteiger partial charge in [0.05, 0.1) is 17.9 Å². The zero-order valence-electron chi connectivity index (χ0n) is 12.4. The largest absolute Gasteiger partial charge is 0.304 e. The first-order chi connectivity index (χ1) is 10.2. The maximum Gasteiger partial charge on any atom is 0.137 e. The van der Waals surface area contributed by atoms with Gasteiger partial charge in [0.1, 0.15) is 5.65 Å². The van der Waals surface area contributed by atoms with Gasteiger partial charge in [0.2, 0.25) is 0 Å². The Hall–Kier alpha value is -2.14. The SMILES string of the molecule is Cc1cnn(C2CN(Cc3cn4c(C)cccc4n3)C2)c1. The number of aromatic nitrogens is 4. The van der Waals surface area contributed by atoms with Gasteiger partial charge in [-0.1, -0.05) is 6.07 Å². The summed E-state index contributed by atoms with van der Waals surface area (Å²) in [5, 5.41) is 4.40. The van der Waals surface area contributed by atoms with E-state index in [1.165, 1.54) is 11.3 Å². The molecule has 1 fully saturated rings. The van der Waals surface area contributed by atoms with Gasteiger partial charge in [0, 0.05) is 37.7 Å². The Morgan fingerprint density at radius 3 is 2.76 bits per heavy atom. The standard InChI is InChI=1S/C16H19N5/c1-12-6-17-21(7-12)15-10-19(11-15)8-14-9-20-13(2)4-3-5-16(20)18-14/h3-7,9,15H,8,10-11H2,1-2H3. The molecule has 0 atom stereocenters. The Labute approximate surface area is 123 Å². The molecule has 0 aromatic carbocycles. The van der Waals surface area contributed by atoms with Gasteiger partial charge in [-0.15, -0.1) is 0 Å². The van der Waals surface area contributed by atoms with Crippen LogP contribution in [-0.4, -0.2) is 37.2 Å². The number of hydrogen-bond donors (Lipinski definition) is 0. The number of imidazole rings is 1. The fourth-order valence-electron chi connectivity index (χ4n) is 2.98. The number of pyridine rings is 1. The van der Waals surface area contributed by atoms with Crippen LogP contribution in [0.2, 0.25) is 0 Å². The summed E-state index contributed by atoms with van der Waals surface area (Å²) in [6.07, 6.45) is 6.19. The molecule has 0 saturated carbocycles. The van der Waals surface area contributed by atoms with Crippen molar-refractivity contribution in [1.29, 1.82) is 0 Å². The Morgan fingerprint density at radius 1 is 1.19 bits per heavy atom. The second-order valence-electron chi connectivity index (χ2n) is 5.97. The molecule has 4 rings (SSSR count). The molecule has 0 spiro atoms. The quantitative estimate of drug-likeness (QED) is 0.739. The third-order valence-electron chi connectivity index (χ3n) is 4.17. The highest BCUT2D eigenvalue weighted by Gasteiger charge is 2.29. The van der Waals surface area contributed by atoms with E-state index in [4.69, 9.17) is 4.98 Å². The smallest absolute Gasteiger partial charge is 0.137 e. The fraction of sp³-hybridized carbons (Fsp3) is 0.375. The molecular weight excluding hydrogens is 262 g/mol. The topological polar surface area (TPSA) is 38.4 Å². The van der Waals surface area contributed by atoms with Gasteiger partial charge in [0.25, 0.3) is 0 Å². The summed E-state index contributed by atoms with van der Waals surface area (Å²) < 4.78 is 4.24. The molecule has 0 radical (unpaired) electrons. The maximum atomic E-state index is 4.70. The van der Waals surface area contributed by atoms with Crippen LogP contribution in [0, 0.1) is 13.8 Å². The highest BCUT2D eigenvalue weighted by Crippen LogP contribution is 2.23. The third kappa shape index (κ3) is 2.23. The van der Waals surface area contributed by atoms with E-state index in [0.29, 0.717) is 6.04 Å². The predicted octanol–water partition coefficient (Wildman–Crippen LogP) is 2.20. The highest BCUT2D eigenvalue weighted by molar-refractivity contribution is 5.41. The number of aryl methyl sites for hydroxylation is 2. The van der Waals surface area contributed by atoms with Crippen LogP contribution < -0.4 is 0 Å². The molecule has 0 unspecified atom stereocenters. The van der Waals surface area contributed by atoms with Crippen LogP contribution >= 0.6 is 0 Å². The average molecular weight is 281 g/mol. The minimum absolute atomic E-state index is 0.512. The molecule has 5 heteroatoms. The second-order valence-corrected chi connectivity index (χ2v) is 5.97. The van der Waals surface area contributed by atoms with Crippen molar-refractivity contribution in [3.8, 4) is 0 Å². The first kappa shape index (κ1) is 12.6. The Kier molecular flexibility index (Phi) is 2.82. The second kappa shape index (κ2) is 4.70. The van der Waals surface area contributed by atoms with Crippen LogP contribution in [0.5, 0.6) is 0 Å². The summed E-state index contributed by atoms with van der Waals surface area (Å²) in [6, 6.07) is 6.74. The number of likely N-dealkylation sites (tertiary alicyclic amines) is 1. The maximum absolute atomic E-state index is 4.70. The lowest BCUT2D eigenvalue weighted by molar-refractivity contribution is 0.0897. The van der Waals surface area contributed by atoms with E-state index in [1.807, 2.05) is 6.20 Å². The number of fused-ring (bicyclic) bond motifs is 1. The summed E-state index contributed by atoms with van der Waals surface area (Å²) >= 11 is 0. The zero-order chi connectivity index (χ0) is 14.4. The highest BCUT2D eigenvalue weighted by atomic mass is 15.4. The number of nitrogens with zero attached hydrogens (tertiary/aromatic N) is 5. The molecule has 3 aromatic rings. The van der Waals surface area contributed by atoms with E-state index in [2.05, 4.69) is 63.5 Å². The van der Waals surface area contributed by atoms with Gasteiger partial charge in [0.15, 0.2) is 0 Å². The van der Waals surface area contributed by atoms with Crippen molar-refractivity contribution in [3.63, 3.8) is 0 Å². The van der Waals surface area contributed by atoms with Crippen molar-refractivity contribution < 1.29 is 0 Å². The van der Waals surface area contributed by atoms with Crippen molar-refractivity contribution in [3.05, 3.63) is 53.7 Å². The van der Waals surface area contributed by atoms with Gasteiger partial charge < -0.3 is 4.40 Å². The molecule has 3 aromatic heterocycles. The summed E-state index contributed by atoms with van der Waals surface area (Å²) in [5.74, 6) is 0. The molecular formula is C16H19N5. The Bertz CT molecular complexity index is 779. The number of rotatable bonds is 3. The number of hydrogen-bond acceptors (Lipinski definition) is 3. The normalized spacial score (nSPS) is 16.5. The molecule has 108 valence electrons. The van der Waals surface area contributed by atoms with E-state index in [0.717, 1.165) is 31.0 Å². The van der Waals surface area contributed by atoms with E-state index in [-0.39, 0.29) is 0 Å². The van der Waals surface area contributed by atoms with Crippen molar-refractivity contribution in [2.75, 3.05) is 13.1 Å². The van der Waals surface area contributed by atoms with Crippen molar-refractivity contribution >= 4 is 5.65 Å². The van der Waals surface area contributed by atoms with Crippen LogP contribution in [-0.2, 0) is 6.54 Å². The molecule has 0 aliphatic carbocycles. The van der Waals surface area contributed by atoms with E-state index >= 15 is 0 Å². The van der Waals surface area contributed by atoms with Gasteiger partial charge in [-0.2, -0.15) is 5.10 Å². The Morgan fingerprint density at radius 2 is 2.05 bits per heavy atom. The van der Waals surface area contributed by atoms with Gasteiger partial charge in [-0.25, -0.2) is 4.98 Å². The average Bonchev–Trinajstić information content (AvgIpc) is 3.00. The van der Waals surface area contributed by atoms with Crippen molar-refractivity contribution in [1.82, 2.24) is 24.1 Å². The lowest BCUT2D eigenvalue weighted by atomic mass is 10.1. The zero-order valence-corrected chi connectivity index (χ0v) is 12.4. The lowest BCUT2D eigenvalue weighted by Crippen LogP contribution is -2.47. The third-order valence-corrected chi connectivity index (χ3v) is 4.17. The molecule has 1 aliphatic heterocycles. The van der Waals surface area contributed by atoms with Gasteiger partial charge in [-0.3, -0.25) is 9.58 Å². The first-order valence-electron chi connectivity index (χ1n) is 7.36. The molecule has 1 saturated heterocycles. The molecule has 0 N–H and O–H groups in total. The summed E-state index contributed by atoms with van der Waals surface area (Å²) in [5.41, 5.74) is 4.62. The monoisotopic (exact) mass is 281 g/mol. The minimum atomic E-state index is 0.512.